The minimum Gasteiger partial charge on any atom is -0.398 e. The summed E-state index contributed by atoms with van der Waals surface area (Å²) in [6.45, 7) is 2.90. The van der Waals surface area contributed by atoms with Gasteiger partial charge in [0.1, 0.15) is 18.4 Å². The SMILES string of the molecule is Cc1nn(CC(=O)O/N=C(\N)c2cccc(N)c2C)cc1[N+](=O)[O-]. The Morgan fingerprint density at radius 1 is 1.46 bits per heavy atom. The van der Waals surface area contributed by atoms with Gasteiger partial charge in [-0.15, -0.1) is 0 Å². The fraction of sp³-hybridized carbons (Fsp3) is 0.214. The Morgan fingerprint density at radius 2 is 2.17 bits per heavy atom. The molecule has 0 fully saturated rings. The first-order valence-corrected chi connectivity index (χ1v) is 6.86. The average molecular weight is 332 g/mol. The maximum atomic E-state index is 11.8. The third kappa shape index (κ3) is 3.66. The van der Waals surface area contributed by atoms with Crippen LogP contribution in [0.5, 0.6) is 0 Å². The molecule has 0 unspecified atom stereocenters. The number of benzene rings is 1. The molecule has 0 saturated heterocycles. The van der Waals surface area contributed by atoms with E-state index in [1.54, 1.807) is 25.1 Å². The van der Waals surface area contributed by atoms with E-state index in [0.29, 0.717) is 16.8 Å². The van der Waals surface area contributed by atoms with Gasteiger partial charge in [0.2, 0.25) is 0 Å². The van der Waals surface area contributed by atoms with Crippen LogP contribution in [0.4, 0.5) is 11.4 Å². The van der Waals surface area contributed by atoms with Crippen LogP contribution in [0.1, 0.15) is 16.8 Å². The molecule has 0 spiro atoms. The molecule has 4 N–H and O–H groups in total. The quantitative estimate of drug-likeness (QED) is 0.206. The van der Waals surface area contributed by atoms with E-state index in [2.05, 4.69) is 10.3 Å². The second-order valence-corrected chi connectivity index (χ2v) is 5.01. The Hall–Kier alpha value is -3.43. The Balaban J connectivity index is 2.06. The Labute approximate surface area is 136 Å². The molecule has 0 bridgehead atoms. The zero-order valence-electron chi connectivity index (χ0n) is 13.1. The van der Waals surface area contributed by atoms with Crippen molar-refractivity contribution in [3.63, 3.8) is 0 Å². The maximum absolute atomic E-state index is 11.8. The van der Waals surface area contributed by atoms with Crippen molar-refractivity contribution in [2.75, 3.05) is 5.73 Å². The fourth-order valence-corrected chi connectivity index (χ4v) is 2.01. The summed E-state index contributed by atoms with van der Waals surface area (Å²) < 4.78 is 1.10. The van der Waals surface area contributed by atoms with Gasteiger partial charge in [-0.3, -0.25) is 14.8 Å². The number of hydrogen-bond acceptors (Lipinski definition) is 7. The van der Waals surface area contributed by atoms with Gasteiger partial charge in [-0.05, 0) is 25.5 Å². The first kappa shape index (κ1) is 16.9. The predicted octanol–water partition coefficient (Wildman–Crippen LogP) is 0.854. The van der Waals surface area contributed by atoms with Crippen molar-refractivity contribution in [1.82, 2.24) is 9.78 Å². The molecule has 1 aromatic heterocycles. The first-order chi connectivity index (χ1) is 11.3. The third-order valence-electron chi connectivity index (χ3n) is 3.31. The monoisotopic (exact) mass is 332 g/mol. The number of nitrogens with two attached hydrogens (primary N) is 2. The average Bonchev–Trinajstić information content (AvgIpc) is 2.88. The second kappa shape index (κ2) is 6.77. The number of anilines is 1. The van der Waals surface area contributed by atoms with Crippen LogP contribution in [-0.2, 0) is 16.2 Å². The molecule has 0 radical (unpaired) electrons. The molecule has 2 aromatic rings. The number of nitrogens with zero attached hydrogens (tertiary/aromatic N) is 4. The number of nitrogen functional groups attached to an aromatic ring is 1. The molecule has 10 nitrogen and oxygen atoms in total. The molecule has 0 saturated carbocycles. The molecule has 0 amide bonds. The van der Waals surface area contributed by atoms with E-state index in [9.17, 15) is 14.9 Å². The number of amidine groups is 1. The summed E-state index contributed by atoms with van der Waals surface area (Å²) in [6.07, 6.45) is 1.14. The van der Waals surface area contributed by atoms with Gasteiger partial charge in [0.25, 0.3) is 0 Å². The van der Waals surface area contributed by atoms with Gasteiger partial charge in [0.05, 0.1) is 4.92 Å². The van der Waals surface area contributed by atoms with Crippen molar-refractivity contribution in [2.45, 2.75) is 20.4 Å². The molecule has 0 aliphatic carbocycles. The van der Waals surface area contributed by atoms with Crippen LogP contribution in [0.2, 0.25) is 0 Å². The van der Waals surface area contributed by atoms with Gasteiger partial charge < -0.3 is 16.3 Å². The summed E-state index contributed by atoms with van der Waals surface area (Å²) in [4.78, 5) is 26.6. The van der Waals surface area contributed by atoms with Crippen LogP contribution in [0.25, 0.3) is 0 Å². The van der Waals surface area contributed by atoms with E-state index in [0.717, 1.165) is 10.9 Å². The molecule has 10 heteroatoms. The highest BCUT2D eigenvalue weighted by atomic mass is 16.7. The van der Waals surface area contributed by atoms with Crippen molar-refractivity contribution >= 4 is 23.2 Å². The lowest BCUT2D eigenvalue weighted by atomic mass is 10.1. The number of aromatic nitrogens is 2. The van der Waals surface area contributed by atoms with Crippen LogP contribution < -0.4 is 11.5 Å². The van der Waals surface area contributed by atoms with Gasteiger partial charge in [0, 0.05) is 11.3 Å². The van der Waals surface area contributed by atoms with E-state index < -0.39 is 10.9 Å². The lowest BCUT2D eigenvalue weighted by molar-refractivity contribution is -0.385. The van der Waals surface area contributed by atoms with Crippen molar-refractivity contribution in [1.29, 1.82) is 0 Å². The summed E-state index contributed by atoms with van der Waals surface area (Å²) in [7, 11) is 0. The van der Waals surface area contributed by atoms with Gasteiger partial charge >= 0.3 is 11.7 Å². The fourth-order valence-electron chi connectivity index (χ4n) is 2.01. The summed E-state index contributed by atoms with van der Waals surface area (Å²) in [5.74, 6) is -0.771. The number of rotatable bonds is 5. The first-order valence-electron chi connectivity index (χ1n) is 6.86. The molecule has 1 aromatic carbocycles. The van der Waals surface area contributed by atoms with Crippen molar-refractivity contribution in [3.8, 4) is 0 Å². The van der Waals surface area contributed by atoms with Crippen molar-refractivity contribution in [3.05, 3.63) is 51.3 Å². The Bertz CT molecular complexity index is 827. The second-order valence-electron chi connectivity index (χ2n) is 5.01. The highest BCUT2D eigenvalue weighted by molar-refractivity contribution is 5.99. The van der Waals surface area contributed by atoms with Gasteiger partial charge in [0.15, 0.2) is 5.84 Å². The van der Waals surface area contributed by atoms with Crippen LogP contribution in [0, 0.1) is 24.0 Å². The molecular formula is C14H16N6O4. The van der Waals surface area contributed by atoms with E-state index in [-0.39, 0.29) is 23.8 Å². The van der Waals surface area contributed by atoms with Crippen LogP contribution >= 0.6 is 0 Å². The van der Waals surface area contributed by atoms with Crippen molar-refractivity contribution < 1.29 is 14.6 Å². The largest absolute Gasteiger partial charge is 0.398 e. The van der Waals surface area contributed by atoms with Gasteiger partial charge in [-0.1, -0.05) is 17.3 Å². The van der Waals surface area contributed by atoms with E-state index in [1.165, 1.54) is 6.92 Å². The number of nitro groups is 1. The van der Waals surface area contributed by atoms with Gasteiger partial charge in [-0.2, -0.15) is 5.10 Å². The lowest BCUT2D eigenvalue weighted by Gasteiger charge is -2.07. The van der Waals surface area contributed by atoms with E-state index in [4.69, 9.17) is 16.3 Å². The molecule has 126 valence electrons. The summed E-state index contributed by atoms with van der Waals surface area (Å²) in [6, 6.07) is 5.11. The van der Waals surface area contributed by atoms with Crippen LogP contribution in [0.3, 0.4) is 0 Å². The zero-order valence-corrected chi connectivity index (χ0v) is 13.1. The minimum atomic E-state index is -0.767. The van der Waals surface area contributed by atoms with Crippen LogP contribution in [-0.4, -0.2) is 26.5 Å². The maximum Gasteiger partial charge on any atom is 0.356 e. The molecule has 0 aliphatic rings. The molecule has 0 aliphatic heterocycles. The van der Waals surface area contributed by atoms with E-state index in [1.807, 2.05) is 0 Å². The summed E-state index contributed by atoms with van der Waals surface area (Å²) in [5.41, 5.74) is 13.4. The lowest BCUT2D eigenvalue weighted by Crippen LogP contribution is -2.18. The Morgan fingerprint density at radius 3 is 2.79 bits per heavy atom. The third-order valence-corrected chi connectivity index (χ3v) is 3.31. The van der Waals surface area contributed by atoms with Crippen LogP contribution in [0.15, 0.2) is 29.6 Å². The Kier molecular flexibility index (Phi) is 4.78. The highest BCUT2D eigenvalue weighted by Crippen LogP contribution is 2.16. The molecule has 0 atom stereocenters. The topological polar surface area (TPSA) is 152 Å². The zero-order chi connectivity index (χ0) is 17.9. The normalized spacial score (nSPS) is 11.3. The summed E-state index contributed by atoms with van der Waals surface area (Å²) in [5, 5.41) is 18.2. The number of oxime groups is 1. The molecule has 1 heterocycles. The standard InChI is InChI=1S/C14H16N6O4/c1-8-10(4-3-5-11(8)15)14(16)18-24-13(21)7-19-6-12(20(22)23)9(2)17-19/h3-6H,7,15H2,1-2H3,(H2,16,18). The highest BCUT2D eigenvalue weighted by Gasteiger charge is 2.17. The smallest absolute Gasteiger partial charge is 0.356 e. The number of carbonyl (C=O) groups is 1. The molecule has 2 rings (SSSR count). The summed E-state index contributed by atoms with van der Waals surface area (Å²) >= 11 is 0. The molecular weight excluding hydrogens is 316 g/mol. The predicted molar refractivity (Wildman–Crippen MR) is 86.0 cm³/mol. The number of aryl methyl sites for hydroxylation is 1. The van der Waals surface area contributed by atoms with E-state index >= 15 is 0 Å². The number of carbonyl (C=O) groups excluding carboxylic acids is 1. The number of hydrogen-bond donors (Lipinski definition) is 2. The van der Waals surface area contributed by atoms with Crippen molar-refractivity contribution in [2.24, 2.45) is 10.9 Å². The minimum absolute atomic E-state index is 0.00391. The molecule has 24 heavy (non-hydrogen) atoms. The van der Waals surface area contributed by atoms with Gasteiger partial charge in [-0.25, -0.2) is 4.79 Å².